The molecule has 4 heterocycles. The van der Waals surface area contributed by atoms with Gasteiger partial charge in [0.15, 0.2) is 0 Å². The first-order valence-electron chi connectivity index (χ1n) is 9.08. The van der Waals surface area contributed by atoms with Crippen LogP contribution >= 0.6 is 0 Å². The van der Waals surface area contributed by atoms with Crippen LogP contribution in [0.3, 0.4) is 0 Å². The Morgan fingerprint density at radius 2 is 2.00 bits per heavy atom. The molecule has 26 heavy (non-hydrogen) atoms. The van der Waals surface area contributed by atoms with Crippen LogP contribution in [0.1, 0.15) is 24.2 Å². The highest BCUT2D eigenvalue weighted by molar-refractivity contribution is 6.04. The molecule has 2 fully saturated rings. The molecule has 2 aliphatic heterocycles. The number of aryl methyl sites for hydroxylation is 3. The van der Waals surface area contributed by atoms with Crippen LogP contribution < -0.4 is 10.5 Å². The number of hydrogen-bond donors (Lipinski definition) is 0. The molecule has 7 nitrogen and oxygen atoms in total. The molecule has 0 N–H and O–H groups in total. The number of piperidine rings is 1. The topological polar surface area (TPSA) is 63.4 Å². The maximum Gasteiger partial charge on any atom is 0.250 e. The highest BCUT2D eigenvalue weighted by Crippen LogP contribution is 2.42. The number of rotatable bonds is 3. The van der Waals surface area contributed by atoms with Crippen molar-refractivity contribution >= 4 is 11.6 Å². The lowest BCUT2D eigenvalue weighted by atomic mass is 9.72. The lowest BCUT2D eigenvalue weighted by Crippen LogP contribution is -2.67. The number of nitrogens with zero attached hydrogens (tertiary/aromatic N) is 5. The second kappa shape index (κ2) is 6.09. The van der Waals surface area contributed by atoms with Crippen LogP contribution in [0.15, 0.2) is 29.2 Å². The van der Waals surface area contributed by atoms with Gasteiger partial charge in [-0.25, -0.2) is 0 Å². The Hall–Kier alpha value is -2.41. The summed E-state index contributed by atoms with van der Waals surface area (Å²) in [6.45, 7) is 5.36. The molecule has 1 spiro atoms. The third-order valence-corrected chi connectivity index (χ3v) is 5.68. The summed E-state index contributed by atoms with van der Waals surface area (Å²) in [6.07, 6.45) is 3.71. The first kappa shape index (κ1) is 17.0. The second-order valence-corrected chi connectivity index (χ2v) is 7.72. The van der Waals surface area contributed by atoms with Crippen LogP contribution in [0.2, 0.25) is 0 Å². The molecule has 7 heteroatoms. The van der Waals surface area contributed by atoms with Crippen LogP contribution in [0.5, 0.6) is 0 Å². The summed E-state index contributed by atoms with van der Waals surface area (Å²) in [6, 6.07) is 5.37. The largest absolute Gasteiger partial charge is 0.317 e. The predicted molar refractivity (Wildman–Crippen MR) is 98.9 cm³/mol. The van der Waals surface area contributed by atoms with Crippen molar-refractivity contribution in [3.05, 3.63) is 46.1 Å². The van der Waals surface area contributed by atoms with Crippen LogP contribution in [-0.2, 0) is 25.4 Å². The van der Waals surface area contributed by atoms with Crippen LogP contribution in [0.4, 0.5) is 5.69 Å². The van der Waals surface area contributed by atoms with E-state index in [9.17, 15) is 9.59 Å². The molecule has 138 valence electrons. The van der Waals surface area contributed by atoms with Gasteiger partial charge in [0.05, 0.1) is 22.5 Å². The van der Waals surface area contributed by atoms with Gasteiger partial charge in [0.1, 0.15) is 0 Å². The Morgan fingerprint density at radius 1 is 1.19 bits per heavy atom. The minimum absolute atomic E-state index is 0.0632. The number of amides is 1. The van der Waals surface area contributed by atoms with Gasteiger partial charge in [-0.1, -0.05) is 0 Å². The van der Waals surface area contributed by atoms with Gasteiger partial charge < -0.3 is 9.47 Å². The van der Waals surface area contributed by atoms with Gasteiger partial charge in [-0.2, -0.15) is 5.10 Å². The Morgan fingerprint density at radius 3 is 2.65 bits per heavy atom. The third kappa shape index (κ3) is 2.76. The fourth-order valence-electron chi connectivity index (χ4n) is 4.29. The number of anilines is 1. The van der Waals surface area contributed by atoms with Gasteiger partial charge in [-0.15, -0.1) is 0 Å². The Bertz CT molecular complexity index is 915. The van der Waals surface area contributed by atoms with Crippen molar-refractivity contribution in [2.45, 2.75) is 26.3 Å². The summed E-state index contributed by atoms with van der Waals surface area (Å²) in [7, 11) is 3.68. The van der Waals surface area contributed by atoms with E-state index in [1.165, 1.54) is 16.3 Å². The summed E-state index contributed by atoms with van der Waals surface area (Å²) in [5, 5.41) is 4.42. The van der Waals surface area contributed by atoms with E-state index in [1.54, 1.807) is 24.2 Å². The minimum atomic E-state index is -0.277. The van der Waals surface area contributed by atoms with E-state index in [4.69, 9.17) is 0 Å². The predicted octanol–water partition coefficient (Wildman–Crippen LogP) is 1.06. The number of carbonyl (C=O) groups is 1. The molecule has 0 saturated carbocycles. The number of likely N-dealkylation sites (tertiary alicyclic amines) is 1. The van der Waals surface area contributed by atoms with Gasteiger partial charge in [-0.3, -0.25) is 19.2 Å². The molecule has 1 atom stereocenters. The highest BCUT2D eigenvalue weighted by atomic mass is 16.2. The standard InChI is InChI=1S/C19H25N5O2/c1-14-9-16(22(3)20-14)11-23-8-4-7-19(12-23)13-24(18(19)26)15-5-6-17(25)21(2)10-15/h5-6,9-10H,4,7-8,11-13H2,1-3H3/t19-/m0/s1. The van der Waals surface area contributed by atoms with E-state index >= 15 is 0 Å². The molecule has 2 aromatic heterocycles. The molecular formula is C19H25N5O2. The molecule has 0 unspecified atom stereocenters. The Kier molecular flexibility index (Phi) is 3.99. The van der Waals surface area contributed by atoms with Gasteiger partial charge in [0.2, 0.25) is 11.5 Å². The van der Waals surface area contributed by atoms with Gasteiger partial charge in [0, 0.05) is 46.0 Å². The number of pyridine rings is 1. The first-order valence-corrected chi connectivity index (χ1v) is 9.08. The molecule has 0 radical (unpaired) electrons. The van der Waals surface area contributed by atoms with E-state index in [0.29, 0.717) is 0 Å². The van der Waals surface area contributed by atoms with Gasteiger partial charge >= 0.3 is 0 Å². The molecule has 1 amide bonds. The molecule has 0 bridgehead atoms. The van der Waals surface area contributed by atoms with Gasteiger partial charge in [-0.05, 0) is 38.4 Å². The van der Waals surface area contributed by atoms with Crippen molar-refractivity contribution in [3.63, 3.8) is 0 Å². The number of carbonyl (C=O) groups excluding carboxylic acids is 1. The van der Waals surface area contributed by atoms with Crippen molar-refractivity contribution in [2.75, 3.05) is 24.5 Å². The van der Waals surface area contributed by atoms with Crippen LogP contribution in [-0.4, -0.2) is 44.8 Å². The van der Waals surface area contributed by atoms with Crippen molar-refractivity contribution in [1.82, 2.24) is 19.2 Å². The maximum atomic E-state index is 13.0. The number of hydrogen-bond acceptors (Lipinski definition) is 4. The Balaban J connectivity index is 1.47. The van der Waals surface area contributed by atoms with Gasteiger partial charge in [0.25, 0.3) is 0 Å². The zero-order valence-electron chi connectivity index (χ0n) is 15.6. The molecule has 2 aromatic rings. The van der Waals surface area contributed by atoms with E-state index in [-0.39, 0.29) is 16.9 Å². The van der Waals surface area contributed by atoms with E-state index < -0.39 is 0 Å². The molecular weight excluding hydrogens is 330 g/mol. The van der Waals surface area contributed by atoms with Crippen molar-refractivity contribution in [1.29, 1.82) is 0 Å². The zero-order chi connectivity index (χ0) is 18.5. The molecule has 2 saturated heterocycles. The first-order chi connectivity index (χ1) is 12.4. The summed E-state index contributed by atoms with van der Waals surface area (Å²) in [4.78, 5) is 28.7. The fraction of sp³-hybridized carbons (Fsp3) is 0.526. The Labute approximate surface area is 152 Å². The SMILES string of the molecule is Cc1cc(CN2CCC[C@]3(C2)CN(c2ccc(=O)n(C)c2)C3=O)n(C)n1. The van der Waals surface area contributed by atoms with Crippen LogP contribution in [0, 0.1) is 12.3 Å². The van der Waals surface area contributed by atoms with E-state index in [1.807, 2.05) is 18.7 Å². The lowest BCUT2D eigenvalue weighted by molar-refractivity contribution is -0.139. The second-order valence-electron chi connectivity index (χ2n) is 7.72. The zero-order valence-corrected chi connectivity index (χ0v) is 15.6. The maximum absolute atomic E-state index is 13.0. The molecule has 4 rings (SSSR count). The summed E-state index contributed by atoms with van der Waals surface area (Å²) < 4.78 is 3.45. The van der Waals surface area contributed by atoms with E-state index in [0.717, 1.165) is 50.4 Å². The average molecular weight is 355 g/mol. The number of aromatic nitrogens is 3. The summed E-state index contributed by atoms with van der Waals surface area (Å²) in [5.74, 6) is 0.182. The lowest BCUT2D eigenvalue weighted by Gasteiger charge is -2.53. The molecule has 2 aliphatic rings. The van der Waals surface area contributed by atoms with E-state index in [2.05, 4.69) is 16.1 Å². The smallest absolute Gasteiger partial charge is 0.250 e. The molecule has 0 aliphatic carbocycles. The summed E-state index contributed by atoms with van der Waals surface area (Å²) in [5.41, 5.74) is 2.67. The monoisotopic (exact) mass is 355 g/mol. The van der Waals surface area contributed by atoms with Crippen molar-refractivity contribution < 1.29 is 4.79 Å². The quantitative estimate of drug-likeness (QED) is 0.773. The third-order valence-electron chi connectivity index (χ3n) is 5.68. The minimum Gasteiger partial charge on any atom is -0.317 e. The fourth-order valence-corrected chi connectivity index (χ4v) is 4.29. The molecule has 0 aromatic carbocycles. The summed E-state index contributed by atoms with van der Waals surface area (Å²) >= 11 is 0. The normalized spacial score (nSPS) is 23.5. The van der Waals surface area contributed by atoms with Crippen LogP contribution in [0.25, 0.3) is 0 Å². The van der Waals surface area contributed by atoms with Crippen molar-refractivity contribution in [3.8, 4) is 0 Å². The van der Waals surface area contributed by atoms with Crippen molar-refractivity contribution in [2.24, 2.45) is 19.5 Å². The number of β-lactam (4-membered cyclic amide) rings is 1. The highest BCUT2D eigenvalue weighted by Gasteiger charge is 2.54. The average Bonchev–Trinajstić information content (AvgIpc) is 2.92.